The van der Waals surface area contributed by atoms with Gasteiger partial charge in [-0.25, -0.2) is 0 Å². The molecule has 5 heteroatoms. The second-order valence-corrected chi connectivity index (χ2v) is 7.14. The highest BCUT2D eigenvalue weighted by Crippen LogP contribution is 2.37. The molecule has 1 nitrogen and oxygen atoms in total. The number of halogens is 2. The molecule has 2 unspecified atom stereocenters. The SMILES string of the molecule is CC1CNC(c2cc(Cl)sc2Cl)CS1. The molecule has 1 aromatic heterocycles. The van der Waals surface area contributed by atoms with Crippen molar-refractivity contribution in [1.82, 2.24) is 5.32 Å². The van der Waals surface area contributed by atoms with E-state index in [0.29, 0.717) is 11.3 Å². The molecule has 1 fully saturated rings. The Morgan fingerprint density at radius 2 is 2.29 bits per heavy atom. The predicted octanol–water partition coefficient (Wildman–Crippen LogP) is 3.82. The van der Waals surface area contributed by atoms with Crippen molar-refractivity contribution in [3.63, 3.8) is 0 Å². The summed E-state index contributed by atoms with van der Waals surface area (Å²) in [6.45, 7) is 3.27. The number of thioether (sulfide) groups is 1. The summed E-state index contributed by atoms with van der Waals surface area (Å²) in [6, 6.07) is 2.34. The molecule has 0 aliphatic carbocycles. The summed E-state index contributed by atoms with van der Waals surface area (Å²) in [6.07, 6.45) is 0. The Morgan fingerprint density at radius 3 is 2.79 bits per heavy atom. The fourth-order valence-electron chi connectivity index (χ4n) is 1.48. The van der Waals surface area contributed by atoms with Crippen LogP contribution in [0, 0.1) is 0 Å². The van der Waals surface area contributed by atoms with Gasteiger partial charge in [-0.2, -0.15) is 11.8 Å². The van der Waals surface area contributed by atoms with E-state index in [2.05, 4.69) is 12.2 Å². The van der Waals surface area contributed by atoms with Crippen molar-refractivity contribution < 1.29 is 0 Å². The summed E-state index contributed by atoms with van der Waals surface area (Å²) in [5.41, 5.74) is 1.15. The molecule has 78 valence electrons. The van der Waals surface area contributed by atoms with Gasteiger partial charge in [0.25, 0.3) is 0 Å². The highest BCUT2D eigenvalue weighted by Gasteiger charge is 2.22. The number of hydrogen-bond donors (Lipinski definition) is 1. The Labute approximate surface area is 102 Å². The molecule has 0 saturated carbocycles. The average molecular weight is 268 g/mol. The monoisotopic (exact) mass is 267 g/mol. The summed E-state index contributed by atoms with van der Waals surface area (Å²) in [5, 5.41) is 4.18. The third-order valence-electron chi connectivity index (χ3n) is 2.26. The first-order valence-corrected chi connectivity index (χ1v) is 7.08. The highest BCUT2D eigenvalue weighted by molar-refractivity contribution is 8.00. The minimum atomic E-state index is 0.368. The fraction of sp³-hybridized carbons (Fsp3) is 0.556. The maximum atomic E-state index is 6.10. The molecule has 1 aliphatic heterocycles. The molecule has 1 aliphatic rings. The lowest BCUT2D eigenvalue weighted by Gasteiger charge is -2.27. The zero-order valence-corrected chi connectivity index (χ0v) is 10.9. The molecule has 2 heterocycles. The first-order chi connectivity index (χ1) is 6.66. The van der Waals surface area contributed by atoms with Crippen LogP contribution in [0.5, 0.6) is 0 Å². The van der Waals surface area contributed by atoms with Gasteiger partial charge in [-0.3, -0.25) is 0 Å². The van der Waals surface area contributed by atoms with Crippen LogP contribution in [0.2, 0.25) is 8.67 Å². The largest absolute Gasteiger partial charge is 0.308 e. The maximum Gasteiger partial charge on any atom is 0.0992 e. The van der Waals surface area contributed by atoms with Crippen LogP contribution in [0.1, 0.15) is 18.5 Å². The van der Waals surface area contributed by atoms with Gasteiger partial charge in [0.05, 0.1) is 8.67 Å². The van der Waals surface area contributed by atoms with Gasteiger partial charge in [0.15, 0.2) is 0 Å². The number of nitrogens with one attached hydrogen (secondary N) is 1. The molecule has 0 spiro atoms. The quantitative estimate of drug-likeness (QED) is 0.831. The molecule has 0 aromatic carbocycles. The first kappa shape index (κ1) is 11.1. The summed E-state index contributed by atoms with van der Waals surface area (Å²) in [7, 11) is 0. The van der Waals surface area contributed by atoms with Crippen molar-refractivity contribution in [2.75, 3.05) is 12.3 Å². The molecule has 1 aromatic rings. The average Bonchev–Trinajstić information content (AvgIpc) is 2.47. The van der Waals surface area contributed by atoms with Gasteiger partial charge in [0, 0.05) is 29.2 Å². The standard InChI is InChI=1S/C9H11Cl2NS2/c1-5-3-12-7(4-13-5)6-2-8(10)14-9(6)11/h2,5,7,12H,3-4H2,1H3. The molecule has 0 radical (unpaired) electrons. The van der Waals surface area contributed by atoms with Gasteiger partial charge in [-0.15, -0.1) is 11.3 Å². The summed E-state index contributed by atoms with van der Waals surface area (Å²) in [5.74, 6) is 1.08. The van der Waals surface area contributed by atoms with E-state index in [4.69, 9.17) is 23.2 Å². The van der Waals surface area contributed by atoms with Crippen molar-refractivity contribution >= 4 is 46.3 Å². The van der Waals surface area contributed by atoms with Gasteiger partial charge in [-0.05, 0) is 6.07 Å². The fourth-order valence-corrected chi connectivity index (χ4v) is 4.09. The molecule has 2 rings (SSSR count). The number of rotatable bonds is 1. The minimum Gasteiger partial charge on any atom is -0.308 e. The molecule has 1 saturated heterocycles. The third kappa shape index (κ3) is 2.39. The van der Waals surface area contributed by atoms with Crippen molar-refractivity contribution in [2.24, 2.45) is 0 Å². The minimum absolute atomic E-state index is 0.368. The summed E-state index contributed by atoms with van der Waals surface area (Å²) < 4.78 is 1.60. The third-order valence-corrected chi connectivity index (χ3v) is 5.04. The number of thiophene rings is 1. The lowest BCUT2D eigenvalue weighted by molar-refractivity contribution is 0.565. The number of hydrogen-bond acceptors (Lipinski definition) is 3. The lowest BCUT2D eigenvalue weighted by atomic mass is 10.2. The Bertz CT molecular complexity index is 319. The molecule has 0 amide bonds. The summed E-state index contributed by atoms with van der Waals surface area (Å²) in [4.78, 5) is 0. The topological polar surface area (TPSA) is 12.0 Å². The van der Waals surface area contributed by atoms with Crippen LogP contribution >= 0.6 is 46.3 Å². The van der Waals surface area contributed by atoms with Gasteiger partial charge in [-0.1, -0.05) is 30.1 Å². The summed E-state index contributed by atoms with van der Waals surface area (Å²) >= 11 is 15.4. The zero-order valence-electron chi connectivity index (χ0n) is 7.72. The van der Waals surface area contributed by atoms with Crippen LogP contribution in [0.3, 0.4) is 0 Å². The molecular formula is C9H11Cl2NS2. The normalized spacial score (nSPS) is 27.9. The first-order valence-electron chi connectivity index (χ1n) is 4.46. The Kier molecular flexibility index (Phi) is 3.66. The van der Waals surface area contributed by atoms with E-state index in [0.717, 1.165) is 26.5 Å². The molecule has 2 atom stereocenters. The van der Waals surface area contributed by atoms with Crippen LogP contribution in [0.25, 0.3) is 0 Å². The van der Waals surface area contributed by atoms with E-state index in [-0.39, 0.29) is 0 Å². The van der Waals surface area contributed by atoms with E-state index in [9.17, 15) is 0 Å². The molecule has 0 bridgehead atoms. The van der Waals surface area contributed by atoms with Crippen molar-refractivity contribution in [3.8, 4) is 0 Å². The van der Waals surface area contributed by atoms with Crippen molar-refractivity contribution in [1.29, 1.82) is 0 Å². The van der Waals surface area contributed by atoms with Crippen LogP contribution in [-0.4, -0.2) is 17.5 Å². The van der Waals surface area contributed by atoms with E-state index in [1.165, 1.54) is 11.3 Å². The molecule has 1 N–H and O–H groups in total. The van der Waals surface area contributed by atoms with E-state index >= 15 is 0 Å². The van der Waals surface area contributed by atoms with E-state index in [1.54, 1.807) is 0 Å². The van der Waals surface area contributed by atoms with Crippen LogP contribution in [-0.2, 0) is 0 Å². The van der Waals surface area contributed by atoms with Crippen LogP contribution in [0.15, 0.2) is 6.07 Å². The van der Waals surface area contributed by atoms with Gasteiger partial charge in [0.2, 0.25) is 0 Å². The van der Waals surface area contributed by atoms with Gasteiger partial charge < -0.3 is 5.32 Å². The molecular weight excluding hydrogens is 257 g/mol. The predicted molar refractivity (Wildman–Crippen MR) is 67.0 cm³/mol. The lowest BCUT2D eigenvalue weighted by Crippen LogP contribution is -2.34. The Hall–Kier alpha value is 0.590. The van der Waals surface area contributed by atoms with E-state index < -0.39 is 0 Å². The van der Waals surface area contributed by atoms with Gasteiger partial charge >= 0.3 is 0 Å². The second kappa shape index (κ2) is 4.62. The van der Waals surface area contributed by atoms with Crippen molar-refractivity contribution in [2.45, 2.75) is 18.2 Å². The second-order valence-electron chi connectivity index (χ2n) is 3.38. The maximum absolute atomic E-state index is 6.10. The van der Waals surface area contributed by atoms with Crippen LogP contribution < -0.4 is 5.32 Å². The highest BCUT2D eigenvalue weighted by atomic mass is 35.5. The van der Waals surface area contributed by atoms with Crippen molar-refractivity contribution in [3.05, 3.63) is 20.3 Å². The smallest absolute Gasteiger partial charge is 0.0992 e. The van der Waals surface area contributed by atoms with E-state index in [1.807, 2.05) is 17.8 Å². The Balaban J connectivity index is 2.11. The van der Waals surface area contributed by atoms with Crippen LogP contribution in [0.4, 0.5) is 0 Å². The zero-order chi connectivity index (χ0) is 10.1. The molecule has 14 heavy (non-hydrogen) atoms. The van der Waals surface area contributed by atoms with Gasteiger partial charge in [0.1, 0.15) is 0 Å². The Morgan fingerprint density at radius 1 is 1.50 bits per heavy atom.